The lowest BCUT2D eigenvalue weighted by molar-refractivity contribution is -0.116. The highest BCUT2D eigenvalue weighted by Crippen LogP contribution is 2.17. The van der Waals surface area contributed by atoms with Gasteiger partial charge in [-0.05, 0) is 36.7 Å². The highest BCUT2D eigenvalue weighted by Gasteiger charge is 2.04. The number of carbonyl (C=O) groups is 1. The molecule has 5 heteroatoms. The second kappa shape index (κ2) is 9.57. The molecule has 0 aliphatic rings. The Labute approximate surface area is 143 Å². The molecule has 0 fully saturated rings. The summed E-state index contributed by atoms with van der Waals surface area (Å²) < 4.78 is 10.5. The summed E-state index contributed by atoms with van der Waals surface area (Å²) >= 11 is 0. The zero-order chi connectivity index (χ0) is 17.2. The second-order valence-corrected chi connectivity index (χ2v) is 5.34. The van der Waals surface area contributed by atoms with Crippen molar-refractivity contribution in [1.29, 1.82) is 0 Å². The Morgan fingerprint density at radius 1 is 1.00 bits per heavy atom. The van der Waals surface area contributed by atoms with Crippen LogP contribution in [0.15, 0.2) is 48.5 Å². The Hall–Kier alpha value is -2.53. The molecule has 0 aliphatic heterocycles. The van der Waals surface area contributed by atoms with Crippen molar-refractivity contribution in [3.05, 3.63) is 54.1 Å². The van der Waals surface area contributed by atoms with E-state index in [2.05, 4.69) is 16.7 Å². The molecule has 0 heterocycles. The number of hydrogen-bond donors (Lipinski definition) is 2. The number of para-hydroxylation sites is 1. The lowest BCUT2D eigenvalue weighted by Gasteiger charge is -2.09. The summed E-state index contributed by atoms with van der Waals surface area (Å²) in [6.07, 6.45) is 1.28. The van der Waals surface area contributed by atoms with E-state index in [4.69, 9.17) is 9.47 Å². The maximum absolute atomic E-state index is 11.9. The molecule has 0 unspecified atom stereocenters. The zero-order valence-corrected chi connectivity index (χ0v) is 14.2. The van der Waals surface area contributed by atoms with E-state index in [9.17, 15) is 4.79 Å². The van der Waals surface area contributed by atoms with Crippen molar-refractivity contribution in [2.24, 2.45) is 0 Å². The summed E-state index contributed by atoms with van der Waals surface area (Å²) in [6.45, 7) is 1.43. The number of anilines is 1. The van der Waals surface area contributed by atoms with E-state index in [1.165, 1.54) is 0 Å². The third kappa shape index (κ3) is 5.59. The number of hydrogen-bond acceptors (Lipinski definition) is 4. The third-order valence-corrected chi connectivity index (χ3v) is 3.65. The van der Waals surface area contributed by atoms with Crippen LogP contribution < -0.4 is 20.1 Å². The molecule has 0 radical (unpaired) electrons. The molecule has 0 bridgehead atoms. The fourth-order valence-corrected chi connectivity index (χ4v) is 2.38. The fourth-order valence-electron chi connectivity index (χ4n) is 2.38. The van der Waals surface area contributed by atoms with E-state index in [1.54, 1.807) is 20.3 Å². The minimum Gasteiger partial charge on any atom is -0.497 e. The van der Waals surface area contributed by atoms with Gasteiger partial charge in [-0.25, -0.2) is 0 Å². The van der Waals surface area contributed by atoms with Crippen LogP contribution in [0.3, 0.4) is 0 Å². The second-order valence-electron chi connectivity index (χ2n) is 5.34. The van der Waals surface area contributed by atoms with Crippen molar-refractivity contribution in [1.82, 2.24) is 5.32 Å². The van der Waals surface area contributed by atoms with Gasteiger partial charge < -0.3 is 20.1 Å². The van der Waals surface area contributed by atoms with Crippen molar-refractivity contribution in [3.8, 4) is 11.5 Å². The largest absolute Gasteiger partial charge is 0.497 e. The Morgan fingerprint density at radius 2 is 1.83 bits per heavy atom. The fraction of sp³-hybridized carbons (Fsp3) is 0.316. The van der Waals surface area contributed by atoms with E-state index < -0.39 is 0 Å². The summed E-state index contributed by atoms with van der Waals surface area (Å²) in [5.74, 6) is 1.60. The van der Waals surface area contributed by atoms with E-state index in [1.807, 2.05) is 36.4 Å². The number of ether oxygens (including phenoxy) is 2. The minimum atomic E-state index is -0.0203. The summed E-state index contributed by atoms with van der Waals surface area (Å²) in [4.78, 5) is 11.9. The number of nitrogens with one attached hydrogen (secondary N) is 2. The zero-order valence-electron chi connectivity index (χ0n) is 14.2. The van der Waals surface area contributed by atoms with Crippen molar-refractivity contribution in [2.75, 3.05) is 32.6 Å². The van der Waals surface area contributed by atoms with Gasteiger partial charge in [-0.1, -0.05) is 24.3 Å². The molecule has 5 nitrogen and oxygen atoms in total. The number of benzene rings is 2. The van der Waals surface area contributed by atoms with Crippen LogP contribution in [0, 0.1) is 0 Å². The van der Waals surface area contributed by atoms with Gasteiger partial charge in [0.1, 0.15) is 11.5 Å². The van der Waals surface area contributed by atoms with Gasteiger partial charge in [0.15, 0.2) is 0 Å². The molecule has 24 heavy (non-hydrogen) atoms. The smallest absolute Gasteiger partial charge is 0.225 e. The van der Waals surface area contributed by atoms with Crippen LogP contribution in [0.2, 0.25) is 0 Å². The average molecular weight is 328 g/mol. The SMILES string of the molecule is COc1cccc(NC(=O)CCNCCc2ccccc2OC)c1. The van der Waals surface area contributed by atoms with Crippen LogP contribution in [0.5, 0.6) is 11.5 Å². The summed E-state index contributed by atoms with van der Waals surface area (Å²) in [6, 6.07) is 15.3. The number of carbonyl (C=O) groups excluding carboxylic acids is 1. The Morgan fingerprint density at radius 3 is 2.62 bits per heavy atom. The quantitative estimate of drug-likeness (QED) is 0.695. The van der Waals surface area contributed by atoms with Crippen LogP contribution in [0.25, 0.3) is 0 Å². The molecule has 2 aromatic carbocycles. The number of amides is 1. The first-order chi connectivity index (χ1) is 11.7. The first-order valence-corrected chi connectivity index (χ1v) is 7.99. The van der Waals surface area contributed by atoms with Crippen molar-refractivity contribution in [2.45, 2.75) is 12.8 Å². The van der Waals surface area contributed by atoms with Crippen LogP contribution in [-0.2, 0) is 11.2 Å². The van der Waals surface area contributed by atoms with E-state index in [-0.39, 0.29) is 5.91 Å². The Balaban J connectivity index is 1.67. The maximum Gasteiger partial charge on any atom is 0.225 e. The van der Waals surface area contributed by atoms with E-state index in [0.717, 1.165) is 35.7 Å². The number of rotatable bonds is 9. The predicted molar refractivity (Wildman–Crippen MR) is 95.8 cm³/mol. The minimum absolute atomic E-state index is 0.0203. The predicted octanol–water partition coefficient (Wildman–Crippen LogP) is 2.86. The van der Waals surface area contributed by atoms with E-state index >= 15 is 0 Å². The Kier molecular flexibility index (Phi) is 7.11. The normalized spacial score (nSPS) is 10.2. The maximum atomic E-state index is 11.9. The van der Waals surface area contributed by atoms with Gasteiger partial charge in [-0.15, -0.1) is 0 Å². The highest BCUT2D eigenvalue weighted by atomic mass is 16.5. The molecule has 0 aromatic heterocycles. The topological polar surface area (TPSA) is 59.6 Å². The molecule has 0 saturated carbocycles. The molecular formula is C19H24N2O3. The summed E-state index contributed by atoms with van der Waals surface area (Å²) in [7, 11) is 3.28. The average Bonchev–Trinajstić information content (AvgIpc) is 2.62. The van der Waals surface area contributed by atoms with Gasteiger partial charge in [0.2, 0.25) is 5.91 Å². The standard InChI is InChI=1S/C19H24N2O3/c1-23-17-8-5-7-16(14-17)21-19(22)11-13-20-12-10-15-6-3-4-9-18(15)24-2/h3-9,14,20H,10-13H2,1-2H3,(H,21,22). The first-order valence-electron chi connectivity index (χ1n) is 7.99. The van der Waals surface area contributed by atoms with Crippen LogP contribution >= 0.6 is 0 Å². The van der Waals surface area contributed by atoms with Crippen molar-refractivity contribution >= 4 is 11.6 Å². The third-order valence-electron chi connectivity index (χ3n) is 3.65. The van der Waals surface area contributed by atoms with Crippen molar-refractivity contribution in [3.63, 3.8) is 0 Å². The van der Waals surface area contributed by atoms with Gasteiger partial charge >= 0.3 is 0 Å². The van der Waals surface area contributed by atoms with E-state index in [0.29, 0.717) is 13.0 Å². The molecule has 128 valence electrons. The van der Waals surface area contributed by atoms with Gasteiger partial charge in [-0.2, -0.15) is 0 Å². The van der Waals surface area contributed by atoms with Gasteiger partial charge in [0.25, 0.3) is 0 Å². The molecule has 1 amide bonds. The lowest BCUT2D eigenvalue weighted by atomic mass is 10.1. The van der Waals surface area contributed by atoms with Crippen LogP contribution in [0.1, 0.15) is 12.0 Å². The highest BCUT2D eigenvalue weighted by molar-refractivity contribution is 5.90. The molecule has 0 aliphatic carbocycles. The molecule has 0 spiro atoms. The molecule has 0 saturated heterocycles. The Bertz CT molecular complexity index is 659. The summed E-state index contributed by atoms with van der Waals surface area (Å²) in [5.41, 5.74) is 1.90. The van der Waals surface area contributed by atoms with Gasteiger partial charge in [-0.3, -0.25) is 4.79 Å². The lowest BCUT2D eigenvalue weighted by Crippen LogP contribution is -2.23. The molecule has 2 aromatic rings. The van der Waals surface area contributed by atoms with Crippen LogP contribution in [-0.4, -0.2) is 33.2 Å². The van der Waals surface area contributed by atoms with Gasteiger partial charge in [0, 0.05) is 24.7 Å². The molecule has 2 rings (SSSR count). The van der Waals surface area contributed by atoms with Crippen molar-refractivity contribution < 1.29 is 14.3 Å². The molecule has 2 N–H and O–H groups in total. The molecular weight excluding hydrogens is 304 g/mol. The van der Waals surface area contributed by atoms with Gasteiger partial charge in [0.05, 0.1) is 14.2 Å². The van der Waals surface area contributed by atoms with Crippen LogP contribution in [0.4, 0.5) is 5.69 Å². The summed E-state index contributed by atoms with van der Waals surface area (Å²) in [5, 5.41) is 6.15. The monoisotopic (exact) mass is 328 g/mol. The molecule has 0 atom stereocenters. The first kappa shape index (κ1) is 17.8. The number of methoxy groups -OCH3 is 2.